The first-order valence-electron chi connectivity index (χ1n) is 5.95. The molecule has 3 N–H and O–H groups in total. The molecule has 2 amide bonds. The molecule has 1 saturated heterocycles. The van der Waals surface area contributed by atoms with Gasteiger partial charge in [0.2, 0.25) is 11.8 Å². The molecule has 0 aromatic carbocycles. The Morgan fingerprint density at radius 3 is 2.67 bits per heavy atom. The van der Waals surface area contributed by atoms with Gasteiger partial charge in [0.1, 0.15) is 0 Å². The molecule has 0 radical (unpaired) electrons. The summed E-state index contributed by atoms with van der Waals surface area (Å²) in [5.41, 5.74) is 0. The van der Waals surface area contributed by atoms with Gasteiger partial charge in [-0.1, -0.05) is 0 Å². The van der Waals surface area contributed by atoms with Gasteiger partial charge in [-0.15, -0.1) is 12.4 Å². The monoisotopic (exact) mass is 279 g/mol. The third kappa shape index (κ3) is 7.47. The predicted molar refractivity (Wildman–Crippen MR) is 70.8 cm³/mol. The van der Waals surface area contributed by atoms with Crippen molar-refractivity contribution in [3.05, 3.63) is 0 Å². The molecule has 0 aromatic rings. The van der Waals surface area contributed by atoms with Crippen molar-refractivity contribution < 1.29 is 14.3 Å². The Balaban J connectivity index is 0.00000289. The highest BCUT2D eigenvalue weighted by Gasteiger charge is 2.17. The predicted octanol–water partition coefficient (Wildman–Crippen LogP) is -0.572. The molecule has 18 heavy (non-hydrogen) atoms. The fourth-order valence-corrected chi connectivity index (χ4v) is 1.60. The van der Waals surface area contributed by atoms with Gasteiger partial charge in [0, 0.05) is 25.0 Å². The summed E-state index contributed by atoms with van der Waals surface area (Å²) in [4.78, 5) is 22.8. The molecule has 106 valence electrons. The van der Waals surface area contributed by atoms with E-state index >= 15 is 0 Å². The molecule has 1 aliphatic rings. The van der Waals surface area contributed by atoms with Crippen LogP contribution < -0.4 is 16.0 Å². The summed E-state index contributed by atoms with van der Waals surface area (Å²) < 4.78 is 5.24. The van der Waals surface area contributed by atoms with Crippen LogP contribution >= 0.6 is 12.4 Å². The normalized spacial score (nSPS) is 18.9. The van der Waals surface area contributed by atoms with Crippen molar-refractivity contribution in [1.82, 2.24) is 16.0 Å². The van der Waals surface area contributed by atoms with Crippen molar-refractivity contribution in [2.75, 3.05) is 26.3 Å². The summed E-state index contributed by atoms with van der Waals surface area (Å²) in [5.74, 6) is -0.298. The lowest BCUT2D eigenvalue weighted by Gasteiger charge is -2.23. The highest BCUT2D eigenvalue weighted by Crippen LogP contribution is 1.97. The number of hydrogen-bond acceptors (Lipinski definition) is 4. The van der Waals surface area contributed by atoms with Crippen molar-refractivity contribution in [2.24, 2.45) is 0 Å². The summed E-state index contributed by atoms with van der Waals surface area (Å²) in [7, 11) is 0. The molecule has 1 atom stereocenters. The van der Waals surface area contributed by atoms with E-state index in [0.29, 0.717) is 19.6 Å². The smallest absolute Gasteiger partial charge is 0.239 e. The first-order chi connectivity index (χ1) is 8.08. The average molecular weight is 280 g/mol. The van der Waals surface area contributed by atoms with Crippen LogP contribution in [-0.4, -0.2) is 50.2 Å². The van der Waals surface area contributed by atoms with Gasteiger partial charge in [-0.3, -0.25) is 9.59 Å². The van der Waals surface area contributed by atoms with Crippen molar-refractivity contribution in [3.63, 3.8) is 0 Å². The molecule has 0 bridgehead atoms. The van der Waals surface area contributed by atoms with E-state index in [-0.39, 0.29) is 42.8 Å². The molecular weight excluding hydrogens is 258 g/mol. The van der Waals surface area contributed by atoms with Gasteiger partial charge in [0.15, 0.2) is 0 Å². The Labute approximate surface area is 114 Å². The fraction of sp³-hybridized carbons (Fsp3) is 0.818. The topological polar surface area (TPSA) is 79.5 Å². The van der Waals surface area contributed by atoms with E-state index in [0.717, 1.165) is 6.54 Å². The Morgan fingerprint density at radius 2 is 2.11 bits per heavy atom. The third-order valence-electron chi connectivity index (χ3n) is 2.33. The number of halogens is 1. The van der Waals surface area contributed by atoms with Crippen molar-refractivity contribution in [2.45, 2.75) is 32.4 Å². The van der Waals surface area contributed by atoms with Gasteiger partial charge in [0.25, 0.3) is 0 Å². The maximum Gasteiger partial charge on any atom is 0.239 e. The summed E-state index contributed by atoms with van der Waals surface area (Å²) in [6.07, 6.45) is 0.342. The zero-order chi connectivity index (χ0) is 12.7. The number of amides is 2. The zero-order valence-corrected chi connectivity index (χ0v) is 11.6. The second kappa shape index (κ2) is 9.13. The van der Waals surface area contributed by atoms with Gasteiger partial charge < -0.3 is 20.7 Å². The van der Waals surface area contributed by atoms with Crippen LogP contribution in [0, 0.1) is 0 Å². The molecule has 6 nitrogen and oxygen atoms in total. The third-order valence-corrected chi connectivity index (χ3v) is 2.33. The van der Waals surface area contributed by atoms with Gasteiger partial charge in [-0.05, 0) is 13.8 Å². The number of carbonyl (C=O) groups excluding carboxylic acids is 2. The number of ether oxygens (including phenoxy) is 1. The molecule has 0 aromatic heterocycles. The van der Waals surface area contributed by atoms with Crippen molar-refractivity contribution in [1.29, 1.82) is 0 Å². The number of morpholine rings is 1. The van der Waals surface area contributed by atoms with E-state index in [4.69, 9.17) is 4.74 Å². The second-order valence-corrected chi connectivity index (χ2v) is 4.43. The molecule has 1 aliphatic heterocycles. The summed E-state index contributed by atoms with van der Waals surface area (Å²) in [6, 6.07) is 0.143. The van der Waals surface area contributed by atoms with Crippen LogP contribution in [0.15, 0.2) is 0 Å². The van der Waals surface area contributed by atoms with Crippen LogP contribution in [0.25, 0.3) is 0 Å². The van der Waals surface area contributed by atoms with Crippen LogP contribution in [-0.2, 0) is 14.3 Å². The Bertz CT molecular complexity index is 268. The first kappa shape index (κ1) is 17.2. The lowest BCUT2D eigenvalue weighted by atomic mass is 10.2. The van der Waals surface area contributed by atoms with Gasteiger partial charge in [-0.25, -0.2) is 0 Å². The SMILES string of the molecule is CC(C)NC(=O)CNC(=O)CC1COCCN1.Cl. The number of carbonyl (C=O) groups is 2. The summed E-state index contributed by atoms with van der Waals surface area (Å²) in [5, 5.41) is 8.48. The number of rotatable bonds is 5. The summed E-state index contributed by atoms with van der Waals surface area (Å²) in [6.45, 7) is 5.79. The fourth-order valence-electron chi connectivity index (χ4n) is 1.60. The Hall–Kier alpha value is -0.850. The Morgan fingerprint density at radius 1 is 1.39 bits per heavy atom. The lowest BCUT2D eigenvalue weighted by Crippen LogP contribution is -2.46. The Kier molecular flexibility index (Phi) is 8.70. The molecule has 0 aliphatic carbocycles. The molecule has 1 heterocycles. The number of nitrogens with one attached hydrogen (secondary N) is 3. The minimum Gasteiger partial charge on any atom is -0.378 e. The van der Waals surface area contributed by atoms with Gasteiger partial charge in [-0.2, -0.15) is 0 Å². The molecule has 1 rings (SSSR count). The van der Waals surface area contributed by atoms with E-state index < -0.39 is 0 Å². The van der Waals surface area contributed by atoms with Crippen LogP contribution in [0.4, 0.5) is 0 Å². The maximum atomic E-state index is 11.5. The standard InChI is InChI=1S/C11H21N3O3.ClH/c1-8(2)14-11(16)6-13-10(15)5-9-7-17-4-3-12-9;/h8-9,12H,3-7H2,1-2H3,(H,13,15)(H,14,16);1H. The van der Waals surface area contributed by atoms with E-state index in [1.165, 1.54) is 0 Å². The number of hydrogen-bond donors (Lipinski definition) is 3. The highest BCUT2D eigenvalue weighted by atomic mass is 35.5. The lowest BCUT2D eigenvalue weighted by molar-refractivity contribution is -0.127. The first-order valence-corrected chi connectivity index (χ1v) is 5.95. The molecule has 1 fully saturated rings. The highest BCUT2D eigenvalue weighted by molar-refractivity contribution is 5.85. The molecule has 0 spiro atoms. The van der Waals surface area contributed by atoms with Crippen LogP contribution in [0.3, 0.4) is 0 Å². The van der Waals surface area contributed by atoms with E-state index in [1.807, 2.05) is 13.8 Å². The van der Waals surface area contributed by atoms with E-state index in [1.54, 1.807) is 0 Å². The quantitative estimate of drug-likeness (QED) is 0.630. The van der Waals surface area contributed by atoms with Gasteiger partial charge >= 0.3 is 0 Å². The van der Waals surface area contributed by atoms with Crippen molar-refractivity contribution in [3.8, 4) is 0 Å². The minimum atomic E-state index is -0.166. The van der Waals surface area contributed by atoms with E-state index in [9.17, 15) is 9.59 Å². The van der Waals surface area contributed by atoms with Crippen LogP contribution in [0.1, 0.15) is 20.3 Å². The largest absolute Gasteiger partial charge is 0.378 e. The molecule has 1 unspecified atom stereocenters. The van der Waals surface area contributed by atoms with Crippen LogP contribution in [0.2, 0.25) is 0 Å². The molecule has 0 saturated carbocycles. The molecule has 7 heteroatoms. The van der Waals surface area contributed by atoms with Crippen LogP contribution in [0.5, 0.6) is 0 Å². The van der Waals surface area contributed by atoms with E-state index in [2.05, 4.69) is 16.0 Å². The average Bonchev–Trinajstić information content (AvgIpc) is 2.27. The minimum absolute atomic E-state index is 0. The maximum absolute atomic E-state index is 11.5. The second-order valence-electron chi connectivity index (χ2n) is 4.43. The van der Waals surface area contributed by atoms with Gasteiger partial charge in [0.05, 0.1) is 19.8 Å². The van der Waals surface area contributed by atoms with Crippen molar-refractivity contribution >= 4 is 24.2 Å². The molecular formula is C11H22ClN3O3. The summed E-state index contributed by atoms with van der Waals surface area (Å²) >= 11 is 0. The zero-order valence-electron chi connectivity index (χ0n) is 10.8.